The number of nitrogen functional groups attached to an aromatic ring is 1. The lowest BCUT2D eigenvalue weighted by atomic mass is 10.3. The molecule has 0 saturated carbocycles. The Kier molecular flexibility index (Phi) is 4.38. The zero-order chi connectivity index (χ0) is 13.1. The molecule has 5 nitrogen and oxygen atoms in total. The van der Waals surface area contributed by atoms with Crippen molar-refractivity contribution in [2.45, 2.75) is 17.4 Å². The van der Waals surface area contributed by atoms with Crippen LogP contribution in [0.25, 0.3) is 0 Å². The number of benzene rings is 1. The van der Waals surface area contributed by atoms with Crippen molar-refractivity contribution in [2.24, 2.45) is 0 Å². The van der Waals surface area contributed by atoms with Crippen molar-refractivity contribution < 1.29 is 22.3 Å². The Morgan fingerprint density at radius 2 is 1.94 bits per heavy atom. The van der Waals surface area contributed by atoms with Gasteiger partial charge in [-0.1, -0.05) is 12.1 Å². The van der Waals surface area contributed by atoms with Crippen molar-refractivity contribution in [3.05, 3.63) is 24.3 Å². The second kappa shape index (κ2) is 5.39. The first-order chi connectivity index (χ1) is 7.84. The summed E-state index contributed by atoms with van der Waals surface area (Å²) in [5.41, 5.74) is 5.45. The van der Waals surface area contributed by atoms with E-state index >= 15 is 0 Å². The lowest BCUT2D eigenvalue weighted by Crippen LogP contribution is -2.36. The molecule has 0 bridgehead atoms. The van der Waals surface area contributed by atoms with E-state index in [1.54, 1.807) is 6.07 Å². The number of nitrogens with two attached hydrogens (primary N) is 1. The minimum atomic E-state index is -3.99. The van der Waals surface area contributed by atoms with Crippen molar-refractivity contribution in [3.8, 4) is 0 Å². The van der Waals surface area contributed by atoms with Crippen molar-refractivity contribution in [1.29, 1.82) is 0 Å². The average Bonchev–Trinajstić information content (AvgIpc) is 2.26. The van der Waals surface area contributed by atoms with E-state index in [1.807, 2.05) is 4.72 Å². The van der Waals surface area contributed by atoms with Crippen LogP contribution in [0.2, 0.25) is 0 Å². The number of aliphatic hydroxyl groups is 1. The number of alkyl halides is 2. The normalized spacial score (nSPS) is 13.9. The fraction of sp³-hybridized carbons (Fsp3) is 0.333. The second-order valence-electron chi connectivity index (χ2n) is 3.29. The SMILES string of the molecule is Nc1ccccc1S(=O)(=O)NCC(O)C(F)F. The number of para-hydroxylation sites is 1. The molecule has 8 heteroatoms. The van der Waals surface area contributed by atoms with Gasteiger partial charge in [0.05, 0.1) is 5.69 Å². The Bertz CT molecular complexity index is 479. The summed E-state index contributed by atoms with van der Waals surface area (Å²) in [6.07, 6.45) is -5.06. The fourth-order valence-corrected chi connectivity index (χ4v) is 2.27. The van der Waals surface area contributed by atoms with Crippen LogP contribution in [0.1, 0.15) is 0 Å². The largest absolute Gasteiger partial charge is 0.398 e. The third kappa shape index (κ3) is 3.62. The van der Waals surface area contributed by atoms with Gasteiger partial charge in [0, 0.05) is 6.54 Å². The monoisotopic (exact) mass is 266 g/mol. The lowest BCUT2D eigenvalue weighted by molar-refractivity contribution is -0.000450. The zero-order valence-electron chi connectivity index (χ0n) is 8.68. The van der Waals surface area contributed by atoms with Crippen LogP contribution in [-0.2, 0) is 10.0 Å². The molecule has 1 aromatic carbocycles. The van der Waals surface area contributed by atoms with Crippen molar-refractivity contribution in [1.82, 2.24) is 4.72 Å². The van der Waals surface area contributed by atoms with E-state index in [-0.39, 0.29) is 10.6 Å². The van der Waals surface area contributed by atoms with Crippen LogP contribution in [0.4, 0.5) is 14.5 Å². The maximum atomic E-state index is 12.0. The molecule has 0 amide bonds. The van der Waals surface area contributed by atoms with E-state index in [1.165, 1.54) is 18.2 Å². The van der Waals surface area contributed by atoms with Crippen LogP contribution in [0.15, 0.2) is 29.2 Å². The Labute approximate surface area is 97.3 Å². The first-order valence-electron chi connectivity index (χ1n) is 4.65. The molecular formula is C9H12F2N2O3S. The van der Waals surface area contributed by atoms with Crippen molar-refractivity contribution in [3.63, 3.8) is 0 Å². The van der Waals surface area contributed by atoms with E-state index in [9.17, 15) is 17.2 Å². The highest BCUT2D eigenvalue weighted by Crippen LogP contribution is 2.16. The van der Waals surface area contributed by atoms with E-state index in [2.05, 4.69) is 0 Å². The molecule has 1 atom stereocenters. The molecule has 0 aliphatic rings. The van der Waals surface area contributed by atoms with Gasteiger partial charge < -0.3 is 10.8 Å². The minimum Gasteiger partial charge on any atom is -0.398 e. The van der Waals surface area contributed by atoms with E-state index in [4.69, 9.17) is 10.8 Å². The van der Waals surface area contributed by atoms with Gasteiger partial charge in [0.25, 0.3) is 6.43 Å². The number of rotatable bonds is 5. The number of hydrogen-bond acceptors (Lipinski definition) is 4. The summed E-state index contributed by atoms with van der Waals surface area (Å²) >= 11 is 0. The topological polar surface area (TPSA) is 92.4 Å². The molecule has 1 rings (SSSR count). The summed E-state index contributed by atoms with van der Waals surface area (Å²) < 4.78 is 49.1. The molecular weight excluding hydrogens is 254 g/mol. The number of nitrogens with one attached hydrogen (secondary N) is 1. The summed E-state index contributed by atoms with van der Waals surface area (Å²) in [5.74, 6) is 0. The Hall–Kier alpha value is -1.25. The van der Waals surface area contributed by atoms with Gasteiger partial charge in [-0.25, -0.2) is 21.9 Å². The van der Waals surface area contributed by atoms with Crippen LogP contribution in [0, 0.1) is 0 Å². The number of halogens is 2. The average molecular weight is 266 g/mol. The van der Waals surface area contributed by atoms with Crippen LogP contribution >= 0.6 is 0 Å². The molecule has 0 aliphatic heterocycles. The fourth-order valence-electron chi connectivity index (χ4n) is 1.09. The van der Waals surface area contributed by atoms with Gasteiger partial charge in [0.1, 0.15) is 11.0 Å². The predicted molar refractivity (Wildman–Crippen MR) is 58.1 cm³/mol. The van der Waals surface area contributed by atoms with Crippen LogP contribution in [0.5, 0.6) is 0 Å². The predicted octanol–water partition coefficient (Wildman–Crippen LogP) is 0.173. The summed E-state index contributed by atoms with van der Waals surface area (Å²) in [7, 11) is -3.99. The molecule has 0 saturated heterocycles. The van der Waals surface area contributed by atoms with Gasteiger partial charge in [-0.15, -0.1) is 0 Å². The molecule has 0 aliphatic carbocycles. The third-order valence-corrected chi connectivity index (χ3v) is 3.48. The maximum Gasteiger partial charge on any atom is 0.265 e. The van der Waals surface area contributed by atoms with Gasteiger partial charge in [-0.05, 0) is 12.1 Å². The van der Waals surface area contributed by atoms with E-state index in [0.717, 1.165) is 0 Å². The zero-order valence-corrected chi connectivity index (χ0v) is 9.49. The second-order valence-corrected chi connectivity index (χ2v) is 5.03. The van der Waals surface area contributed by atoms with Gasteiger partial charge in [-0.3, -0.25) is 0 Å². The minimum absolute atomic E-state index is 0.00605. The number of aliphatic hydroxyl groups excluding tert-OH is 1. The molecule has 0 heterocycles. The highest BCUT2D eigenvalue weighted by molar-refractivity contribution is 7.89. The Morgan fingerprint density at radius 1 is 1.35 bits per heavy atom. The number of hydrogen-bond donors (Lipinski definition) is 3. The van der Waals surface area contributed by atoms with E-state index in [0.29, 0.717) is 0 Å². The molecule has 0 aromatic heterocycles. The van der Waals surface area contributed by atoms with Crippen LogP contribution < -0.4 is 10.5 Å². The smallest absolute Gasteiger partial charge is 0.265 e. The van der Waals surface area contributed by atoms with Crippen molar-refractivity contribution >= 4 is 15.7 Å². The summed E-state index contributed by atoms with van der Waals surface area (Å²) in [5, 5.41) is 8.80. The number of anilines is 1. The third-order valence-electron chi connectivity index (χ3n) is 1.98. The quantitative estimate of drug-likeness (QED) is 0.662. The molecule has 4 N–H and O–H groups in total. The number of sulfonamides is 1. The molecule has 1 aromatic rings. The van der Waals surface area contributed by atoms with Crippen LogP contribution in [-0.4, -0.2) is 32.6 Å². The van der Waals surface area contributed by atoms with Gasteiger partial charge >= 0.3 is 0 Å². The van der Waals surface area contributed by atoms with Gasteiger partial charge in [0.15, 0.2) is 0 Å². The molecule has 0 radical (unpaired) electrons. The molecule has 1 unspecified atom stereocenters. The van der Waals surface area contributed by atoms with Gasteiger partial charge in [0.2, 0.25) is 10.0 Å². The molecule has 0 spiro atoms. The standard InChI is InChI=1S/C9H12F2N2O3S/c10-9(11)7(14)5-13-17(15,16)8-4-2-1-3-6(8)12/h1-4,7,9,13-14H,5,12H2. The van der Waals surface area contributed by atoms with Gasteiger partial charge in [-0.2, -0.15) is 0 Å². The highest BCUT2D eigenvalue weighted by Gasteiger charge is 2.22. The lowest BCUT2D eigenvalue weighted by Gasteiger charge is -2.12. The first-order valence-corrected chi connectivity index (χ1v) is 6.13. The summed E-state index contributed by atoms with van der Waals surface area (Å²) in [6.45, 7) is -0.770. The summed E-state index contributed by atoms with van der Waals surface area (Å²) in [6, 6.07) is 5.61. The van der Waals surface area contributed by atoms with E-state index < -0.39 is 29.1 Å². The summed E-state index contributed by atoms with van der Waals surface area (Å²) in [4.78, 5) is -0.207. The molecule has 0 fully saturated rings. The maximum absolute atomic E-state index is 12.0. The highest BCUT2D eigenvalue weighted by atomic mass is 32.2. The Balaban J connectivity index is 2.80. The van der Waals surface area contributed by atoms with Crippen molar-refractivity contribution in [2.75, 3.05) is 12.3 Å². The first kappa shape index (κ1) is 13.8. The Morgan fingerprint density at radius 3 is 2.47 bits per heavy atom. The van der Waals surface area contributed by atoms with Crippen LogP contribution in [0.3, 0.4) is 0 Å². The molecule has 17 heavy (non-hydrogen) atoms. The molecule has 96 valence electrons.